The molecule has 0 bridgehead atoms. The zero-order valence-electron chi connectivity index (χ0n) is 16.5. The summed E-state index contributed by atoms with van der Waals surface area (Å²) in [5.41, 5.74) is 1.66. The molecule has 1 saturated heterocycles. The molecule has 2 aliphatic heterocycles. The van der Waals surface area contributed by atoms with Crippen LogP contribution in [0, 0.1) is 11.8 Å². The number of nitrogens with one attached hydrogen (secondary N) is 3. The van der Waals surface area contributed by atoms with Gasteiger partial charge in [-0.1, -0.05) is 19.9 Å². The molecule has 3 rings (SSSR count). The van der Waals surface area contributed by atoms with Crippen molar-refractivity contribution in [2.75, 3.05) is 18.4 Å². The molecule has 0 aromatic heterocycles. The fourth-order valence-corrected chi connectivity index (χ4v) is 3.91. The van der Waals surface area contributed by atoms with Crippen molar-refractivity contribution in [2.24, 2.45) is 11.8 Å². The Labute approximate surface area is 161 Å². The minimum atomic E-state index is -0.456. The smallest absolute Gasteiger partial charge is 0.265 e. The lowest BCUT2D eigenvalue weighted by atomic mass is 9.85. The second-order valence-electron chi connectivity index (χ2n) is 7.84. The second kappa shape index (κ2) is 8.74. The van der Waals surface area contributed by atoms with Gasteiger partial charge >= 0.3 is 0 Å². The fourth-order valence-electron chi connectivity index (χ4n) is 3.91. The molecule has 1 aromatic rings. The lowest BCUT2D eigenvalue weighted by Crippen LogP contribution is -2.37. The third kappa shape index (κ3) is 4.80. The van der Waals surface area contributed by atoms with E-state index in [0.717, 1.165) is 18.7 Å². The van der Waals surface area contributed by atoms with E-state index in [-0.39, 0.29) is 17.9 Å². The molecule has 1 aromatic carbocycles. The van der Waals surface area contributed by atoms with E-state index in [9.17, 15) is 9.59 Å². The number of hydrogen-bond donors (Lipinski definition) is 3. The number of piperidine rings is 1. The van der Waals surface area contributed by atoms with Crippen LogP contribution in [0.2, 0.25) is 0 Å². The van der Waals surface area contributed by atoms with Crippen LogP contribution in [0.3, 0.4) is 0 Å². The molecule has 6 nitrogen and oxygen atoms in total. The Morgan fingerprint density at radius 1 is 1.37 bits per heavy atom. The van der Waals surface area contributed by atoms with Crippen LogP contribution in [-0.2, 0) is 9.59 Å². The third-order valence-electron chi connectivity index (χ3n) is 5.72. The van der Waals surface area contributed by atoms with E-state index in [4.69, 9.17) is 4.74 Å². The summed E-state index contributed by atoms with van der Waals surface area (Å²) < 4.78 is 5.80. The molecule has 0 radical (unpaired) electrons. The molecule has 148 valence electrons. The molecule has 0 aliphatic carbocycles. The molecular weight excluding hydrogens is 342 g/mol. The van der Waals surface area contributed by atoms with E-state index < -0.39 is 6.10 Å². The van der Waals surface area contributed by atoms with Crippen LogP contribution in [0.25, 0.3) is 0 Å². The highest BCUT2D eigenvalue weighted by Gasteiger charge is 2.27. The largest absolute Gasteiger partial charge is 0.478 e. The fraction of sp³-hybridized carbons (Fsp3) is 0.619. The molecule has 0 saturated carbocycles. The zero-order valence-corrected chi connectivity index (χ0v) is 16.5. The molecular formula is C21H31N3O3. The summed E-state index contributed by atoms with van der Waals surface area (Å²) in [6.45, 7) is 8.17. The minimum absolute atomic E-state index is 0.0824. The number of ether oxygens (including phenoxy) is 1. The Bertz CT molecular complexity index is 685. The van der Waals surface area contributed by atoms with Crippen LogP contribution in [0.1, 0.15) is 58.1 Å². The quantitative estimate of drug-likeness (QED) is 0.716. The third-order valence-corrected chi connectivity index (χ3v) is 5.72. The summed E-state index contributed by atoms with van der Waals surface area (Å²) >= 11 is 0. The number of benzene rings is 1. The summed E-state index contributed by atoms with van der Waals surface area (Å²) in [7, 11) is 0. The normalized spacial score (nSPS) is 24.2. The van der Waals surface area contributed by atoms with Crippen molar-refractivity contribution >= 4 is 17.5 Å². The van der Waals surface area contributed by atoms with Crippen molar-refractivity contribution in [1.82, 2.24) is 10.6 Å². The Kier molecular flexibility index (Phi) is 6.37. The van der Waals surface area contributed by atoms with Gasteiger partial charge in [0.05, 0.1) is 11.7 Å². The molecule has 4 unspecified atom stereocenters. The van der Waals surface area contributed by atoms with Crippen LogP contribution in [-0.4, -0.2) is 31.0 Å². The van der Waals surface area contributed by atoms with Gasteiger partial charge in [0.25, 0.3) is 5.91 Å². The SMILES string of the molecule is CCC1Oc2cc(C(C)NC(=O)CC(C)C3CCCNC3)ccc2NC1=O. The highest BCUT2D eigenvalue weighted by molar-refractivity contribution is 5.97. The van der Waals surface area contributed by atoms with E-state index in [0.29, 0.717) is 36.1 Å². The van der Waals surface area contributed by atoms with E-state index in [2.05, 4.69) is 22.9 Å². The number of anilines is 1. The van der Waals surface area contributed by atoms with Gasteiger partial charge in [0, 0.05) is 6.42 Å². The monoisotopic (exact) mass is 373 g/mol. The molecule has 2 heterocycles. The molecule has 3 N–H and O–H groups in total. The highest BCUT2D eigenvalue weighted by Crippen LogP contribution is 2.33. The molecule has 0 spiro atoms. The summed E-state index contributed by atoms with van der Waals surface area (Å²) in [6.07, 6.45) is 3.10. The number of hydrogen-bond acceptors (Lipinski definition) is 4. The van der Waals surface area contributed by atoms with Gasteiger partial charge in [-0.15, -0.1) is 0 Å². The maximum atomic E-state index is 12.5. The van der Waals surface area contributed by atoms with Crippen LogP contribution < -0.4 is 20.7 Å². The average molecular weight is 373 g/mol. The summed E-state index contributed by atoms with van der Waals surface area (Å²) in [5, 5.41) is 9.40. The zero-order chi connectivity index (χ0) is 19.4. The maximum absolute atomic E-state index is 12.5. The number of fused-ring (bicyclic) bond motifs is 1. The lowest BCUT2D eigenvalue weighted by molar-refractivity contribution is -0.124. The molecule has 2 amide bonds. The molecule has 2 aliphatic rings. The molecule has 6 heteroatoms. The molecule has 1 fully saturated rings. The Morgan fingerprint density at radius 3 is 2.89 bits per heavy atom. The maximum Gasteiger partial charge on any atom is 0.265 e. The van der Waals surface area contributed by atoms with Gasteiger partial charge < -0.3 is 20.7 Å². The number of carbonyl (C=O) groups excluding carboxylic acids is 2. The molecule has 27 heavy (non-hydrogen) atoms. The van der Waals surface area contributed by atoms with Crippen molar-refractivity contribution in [3.8, 4) is 5.75 Å². The Hall–Kier alpha value is -2.08. The number of carbonyl (C=O) groups is 2. The predicted molar refractivity (Wildman–Crippen MR) is 106 cm³/mol. The van der Waals surface area contributed by atoms with Crippen LogP contribution in [0.15, 0.2) is 18.2 Å². The van der Waals surface area contributed by atoms with E-state index >= 15 is 0 Å². The first-order chi connectivity index (χ1) is 13.0. The van der Waals surface area contributed by atoms with Crippen molar-refractivity contribution in [2.45, 2.75) is 58.6 Å². The first kappa shape index (κ1) is 19.7. The predicted octanol–water partition coefficient (Wildman–Crippen LogP) is 3.00. The van der Waals surface area contributed by atoms with Gasteiger partial charge in [-0.05, 0) is 68.8 Å². The summed E-state index contributed by atoms with van der Waals surface area (Å²) in [6, 6.07) is 5.57. The van der Waals surface area contributed by atoms with Crippen LogP contribution in [0.5, 0.6) is 5.75 Å². The van der Waals surface area contributed by atoms with Gasteiger partial charge in [0.15, 0.2) is 6.10 Å². The number of amides is 2. The van der Waals surface area contributed by atoms with Gasteiger partial charge in [0.2, 0.25) is 5.91 Å². The Morgan fingerprint density at radius 2 is 2.19 bits per heavy atom. The van der Waals surface area contributed by atoms with Crippen molar-refractivity contribution in [1.29, 1.82) is 0 Å². The Balaban J connectivity index is 1.58. The highest BCUT2D eigenvalue weighted by atomic mass is 16.5. The number of rotatable bonds is 6. The van der Waals surface area contributed by atoms with E-state index in [1.54, 1.807) is 0 Å². The van der Waals surface area contributed by atoms with Crippen molar-refractivity contribution < 1.29 is 14.3 Å². The van der Waals surface area contributed by atoms with Gasteiger partial charge in [-0.3, -0.25) is 9.59 Å². The lowest BCUT2D eigenvalue weighted by Gasteiger charge is -2.28. The van der Waals surface area contributed by atoms with Gasteiger partial charge in [-0.25, -0.2) is 0 Å². The standard InChI is InChI=1S/C21H31N3O3/c1-4-18-21(26)24-17-8-7-15(11-19(17)27-18)14(3)23-20(25)10-13(2)16-6-5-9-22-12-16/h7-8,11,13-14,16,18,22H,4-6,9-10,12H2,1-3H3,(H,23,25)(H,24,26). The second-order valence-corrected chi connectivity index (χ2v) is 7.84. The summed E-state index contributed by atoms with van der Waals surface area (Å²) in [4.78, 5) is 24.4. The molecule has 4 atom stereocenters. The van der Waals surface area contributed by atoms with Crippen LogP contribution in [0.4, 0.5) is 5.69 Å². The first-order valence-corrected chi connectivity index (χ1v) is 10.1. The van der Waals surface area contributed by atoms with Crippen molar-refractivity contribution in [3.63, 3.8) is 0 Å². The first-order valence-electron chi connectivity index (χ1n) is 10.1. The minimum Gasteiger partial charge on any atom is -0.478 e. The van der Waals surface area contributed by atoms with Gasteiger partial charge in [0.1, 0.15) is 5.75 Å². The van der Waals surface area contributed by atoms with Gasteiger partial charge in [-0.2, -0.15) is 0 Å². The van der Waals surface area contributed by atoms with Crippen molar-refractivity contribution in [3.05, 3.63) is 23.8 Å². The van der Waals surface area contributed by atoms with E-state index in [1.165, 1.54) is 12.8 Å². The average Bonchev–Trinajstić information content (AvgIpc) is 2.67. The topological polar surface area (TPSA) is 79.5 Å². The summed E-state index contributed by atoms with van der Waals surface area (Å²) in [5.74, 6) is 1.59. The van der Waals surface area contributed by atoms with E-state index in [1.807, 2.05) is 32.0 Å². The van der Waals surface area contributed by atoms with Crippen LogP contribution >= 0.6 is 0 Å².